The molecule has 0 aromatic heterocycles. The smallest absolute Gasteiger partial charge is 0.317 e. The molecule has 0 bridgehead atoms. The largest absolute Gasteiger partial charge is 0.496 e. The maximum atomic E-state index is 13.3. The summed E-state index contributed by atoms with van der Waals surface area (Å²) in [6, 6.07) is 4.27. The van der Waals surface area contributed by atoms with Crippen LogP contribution < -0.4 is 10.1 Å². The van der Waals surface area contributed by atoms with Gasteiger partial charge in [-0.25, -0.2) is 9.18 Å². The van der Waals surface area contributed by atoms with Crippen LogP contribution in [0.4, 0.5) is 9.18 Å². The first-order valence-corrected chi connectivity index (χ1v) is 7.97. The molecule has 1 spiro atoms. The fraction of sp³-hybridized carbons (Fsp3) is 0.588. The minimum atomic E-state index is -0.324. The van der Waals surface area contributed by atoms with Crippen LogP contribution in [0.2, 0.25) is 0 Å². The van der Waals surface area contributed by atoms with Gasteiger partial charge in [-0.1, -0.05) is 6.42 Å². The zero-order chi connectivity index (χ0) is 15.6. The Labute approximate surface area is 130 Å². The summed E-state index contributed by atoms with van der Waals surface area (Å²) in [4.78, 5) is 14.1. The van der Waals surface area contributed by atoms with E-state index in [0.717, 1.165) is 25.9 Å². The number of urea groups is 1. The summed E-state index contributed by atoms with van der Waals surface area (Å²) >= 11 is 0. The summed E-state index contributed by atoms with van der Waals surface area (Å²) in [5, 5.41) is 2.87. The molecular formula is C17H23FN2O2. The molecule has 1 heterocycles. The lowest BCUT2D eigenvalue weighted by Gasteiger charge is -2.47. The van der Waals surface area contributed by atoms with Gasteiger partial charge >= 0.3 is 6.03 Å². The first-order valence-electron chi connectivity index (χ1n) is 7.97. The standard InChI is InChI=1S/C17H23FN2O2/c1-22-15-4-3-14(18)11-13(15)12-19-16(21)20-9-7-17(8-10-20)5-2-6-17/h3-4,11H,2,5-10,12H2,1H3,(H,19,21). The van der Waals surface area contributed by atoms with Gasteiger partial charge in [0, 0.05) is 25.2 Å². The molecule has 0 atom stereocenters. The van der Waals surface area contributed by atoms with Crippen LogP contribution in [-0.2, 0) is 6.54 Å². The zero-order valence-electron chi connectivity index (χ0n) is 13.0. The van der Waals surface area contributed by atoms with E-state index in [4.69, 9.17) is 4.74 Å². The Hall–Kier alpha value is -1.78. The Bertz CT molecular complexity index is 548. The van der Waals surface area contributed by atoms with Crippen molar-refractivity contribution in [3.63, 3.8) is 0 Å². The number of hydrogen-bond donors (Lipinski definition) is 1. The molecule has 5 heteroatoms. The van der Waals surface area contributed by atoms with Crippen molar-refractivity contribution in [1.82, 2.24) is 10.2 Å². The first-order chi connectivity index (χ1) is 10.6. The van der Waals surface area contributed by atoms with E-state index in [1.165, 1.54) is 31.4 Å². The first kappa shape index (κ1) is 15.1. The Morgan fingerprint density at radius 1 is 1.32 bits per heavy atom. The van der Waals surface area contributed by atoms with Gasteiger partial charge in [0.05, 0.1) is 7.11 Å². The number of likely N-dealkylation sites (tertiary alicyclic amines) is 1. The third-order valence-electron chi connectivity index (χ3n) is 5.20. The number of halogens is 1. The molecule has 3 rings (SSSR count). The molecule has 1 saturated heterocycles. The SMILES string of the molecule is COc1ccc(F)cc1CNC(=O)N1CCC2(CCC2)CC1. The van der Waals surface area contributed by atoms with Gasteiger partial charge < -0.3 is 15.0 Å². The number of amides is 2. The highest BCUT2D eigenvalue weighted by Crippen LogP contribution is 2.48. The van der Waals surface area contributed by atoms with Crippen LogP contribution >= 0.6 is 0 Å². The Morgan fingerprint density at radius 3 is 2.64 bits per heavy atom. The fourth-order valence-electron chi connectivity index (χ4n) is 3.53. The Morgan fingerprint density at radius 2 is 2.05 bits per heavy atom. The molecule has 0 unspecified atom stereocenters. The number of benzene rings is 1. The fourth-order valence-corrected chi connectivity index (χ4v) is 3.53. The van der Waals surface area contributed by atoms with Gasteiger partial charge in [-0.05, 0) is 49.3 Å². The van der Waals surface area contributed by atoms with Crippen LogP contribution in [0.1, 0.15) is 37.7 Å². The van der Waals surface area contributed by atoms with Crippen LogP contribution in [0.3, 0.4) is 0 Å². The predicted octanol–water partition coefficient (Wildman–Crippen LogP) is 3.31. The van der Waals surface area contributed by atoms with Gasteiger partial charge in [-0.3, -0.25) is 0 Å². The van der Waals surface area contributed by atoms with Crippen LogP contribution in [0, 0.1) is 11.2 Å². The number of piperidine rings is 1. The van der Waals surface area contributed by atoms with E-state index in [2.05, 4.69) is 5.32 Å². The molecule has 1 aliphatic carbocycles. The van der Waals surface area contributed by atoms with Crippen molar-refractivity contribution < 1.29 is 13.9 Å². The number of methoxy groups -OCH3 is 1. The molecule has 1 N–H and O–H groups in total. The van der Waals surface area contributed by atoms with Gasteiger partial charge in [-0.15, -0.1) is 0 Å². The van der Waals surface area contributed by atoms with Crippen molar-refractivity contribution in [3.8, 4) is 5.75 Å². The van der Waals surface area contributed by atoms with Crippen LogP contribution in [0.15, 0.2) is 18.2 Å². The Balaban J connectivity index is 1.53. The number of rotatable bonds is 3. The third kappa shape index (κ3) is 3.03. The Kier molecular flexibility index (Phi) is 4.23. The molecule has 120 valence electrons. The highest BCUT2D eigenvalue weighted by Gasteiger charge is 2.40. The van der Waals surface area contributed by atoms with E-state index in [9.17, 15) is 9.18 Å². The van der Waals surface area contributed by atoms with Crippen molar-refractivity contribution in [2.75, 3.05) is 20.2 Å². The average molecular weight is 306 g/mol. The van der Waals surface area contributed by atoms with E-state index < -0.39 is 0 Å². The number of hydrogen-bond acceptors (Lipinski definition) is 2. The third-order valence-corrected chi connectivity index (χ3v) is 5.20. The molecule has 2 fully saturated rings. The minimum Gasteiger partial charge on any atom is -0.496 e. The molecule has 22 heavy (non-hydrogen) atoms. The van der Waals surface area contributed by atoms with Gasteiger partial charge in [0.25, 0.3) is 0 Å². The number of nitrogens with zero attached hydrogens (tertiary/aromatic N) is 1. The zero-order valence-corrected chi connectivity index (χ0v) is 13.0. The van der Waals surface area contributed by atoms with Gasteiger partial charge in [0.1, 0.15) is 11.6 Å². The van der Waals surface area contributed by atoms with Crippen molar-refractivity contribution in [3.05, 3.63) is 29.6 Å². The molecule has 2 amide bonds. The van der Waals surface area contributed by atoms with E-state index in [1.807, 2.05) is 4.90 Å². The van der Waals surface area contributed by atoms with Gasteiger partial charge in [0.2, 0.25) is 0 Å². The summed E-state index contributed by atoms with van der Waals surface area (Å²) in [5.74, 6) is 0.267. The second-order valence-corrected chi connectivity index (χ2v) is 6.46. The van der Waals surface area contributed by atoms with E-state index in [-0.39, 0.29) is 18.4 Å². The summed E-state index contributed by atoms with van der Waals surface area (Å²) < 4.78 is 18.5. The molecule has 1 aromatic carbocycles. The molecule has 2 aliphatic rings. The van der Waals surface area contributed by atoms with Crippen molar-refractivity contribution in [2.45, 2.75) is 38.6 Å². The highest BCUT2D eigenvalue weighted by molar-refractivity contribution is 5.74. The summed E-state index contributed by atoms with van der Waals surface area (Å²) in [6.07, 6.45) is 6.21. The lowest BCUT2D eigenvalue weighted by molar-refractivity contribution is 0.0462. The molecule has 1 saturated carbocycles. The van der Waals surface area contributed by atoms with Crippen molar-refractivity contribution >= 4 is 6.03 Å². The van der Waals surface area contributed by atoms with Crippen LogP contribution in [-0.4, -0.2) is 31.1 Å². The highest BCUT2D eigenvalue weighted by atomic mass is 19.1. The quantitative estimate of drug-likeness (QED) is 0.931. The lowest BCUT2D eigenvalue weighted by Crippen LogP contribution is -2.49. The monoisotopic (exact) mass is 306 g/mol. The summed E-state index contributed by atoms with van der Waals surface area (Å²) in [5.41, 5.74) is 1.19. The average Bonchev–Trinajstić information content (AvgIpc) is 2.51. The summed E-state index contributed by atoms with van der Waals surface area (Å²) in [7, 11) is 1.54. The van der Waals surface area contributed by atoms with Crippen LogP contribution in [0.5, 0.6) is 5.75 Å². The molecular weight excluding hydrogens is 283 g/mol. The molecule has 0 radical (unpaired) electrons. The normalized spacial score (nSPS) is 19.6. The summed E-state index contributed by atoms with van der Waals surface area (Å²) in [6.45, 7) is 1.93. The number of carbonyl (C=O) groups excluding carboxylic acids is 1. The molecule has 4 nitrogen and oxygen atoms in total. The maximum absolute atomic E-state index is 13.3. The number of carbonyl (C=O) groups is 1. The van der Waals surface area contributed by atoms with Gasteiger partial charge in [-0.2, -0.15) is 0 Å². The second-order valence-electron chi connectivity index (χ2n) is 6.46. The van der Waals surface area contributed by atoms with E-state index in [0.29, 0.717) is 16.7 Å². The van der Waals surface area contributed by atoms with Crippen molar-refractivity contribution in [2.24, 2.45) is 5.41 Å². The van der Waals surface area contributed by atoms with E-state index in [1.54, 1.807) is 13.2 Å². The molecule has 1 aliphatic heterocycles. The predicted molar refractivity (Wildman–Crippen MR) is 82.3 cm³/mol. The second kappa shape index (κ2) is 6.15. The molecule has 1 aromatic rings. The number of ether oxygens (including phenoxy) is 1. The van der Waals surface area contributed by atoms with Crippen molar-refractivity contribution in [1.29, 1.82) is 0 Å². The topological polar surface area (TPSA) is 41.6 Å². The lowest BCUT2D eigenvalue weighted by atomic mass is 9.63. The van der Waals surface area contributed by atoms with Crippen LogP contribution in [0.25, 0.3) is 0 Å². The van der Waals surface area contributed by atoms with E-state index >= 15 is 0 Å². The number of nitrogens with one attached hydrogen (secondary N) is 1. The maximum Gasteiger partial charge on any atom is 0.317 e. The van der Waals surface area contributed by atoms with Gasteiger partial charge in [0.15, 0.2) is 0 Å². The minimum absolute atomic E-state index is 0.0690.